The Morgan fingerprint density at radius 1 is 1.30 bits per heavy atom. The van der Waals surface area contributed by atoms with Gasteiger partial charge in [0, 0.05) is 23.5 Å². The molecule has 6 heteroatoms. The predicted molar refractivity (Wildman–Crippen MR) is 75.7 cm³/mol. The van der Waals surface area contributed by atoms with Gasteiger partial charge in [-0.3, -0.25) is 4.98 Å². The van der Waals surface area contributed by atoms with Gasteiger partial charge in [-0.25, -0.2) is 0 Å². The molecule has 20 heavy (non-hydrogen) atoms. The average molecular weight is 272 g/mol. The summed E-state index contributed by atoms with van der Waals surface area (Å²) in [5.41, 5.74) is 7.85. The van der Waals surface area contributed by atoms with E-state index >= 15 is 0 Å². The zero-order valence-corrected chi connectivity index (χ0v) is 11.7. The summed E-state index contributed by atoms with van der Waals surface area (Å²) >= 11 is 0. The predicted octanol–water partition coefficient (Wildman–Crippen LogP) is 1.56. The normalized spacial score (nSPS) is 22.9. The first-order valence-corrected chi connectivity index (χ1v) is 7.17. The van der Waals surface area contributed by atoms with Crippen LogP contribution < -0.4 is 5.73 Å². The first-order valence-electron chi connectivity index (χ1n) is 7.17. The van der Waals surface area contributed by atoms with Crippen LogP contribution in [-0.4, -0.2) is 31.2 Å². The zero-order chi connectivity index (χ0) is 13.9. The van der Waals surface area contributed by atoms with Crippen molar-refractivity contribution in [1.82, 2.24) is 25.2 Å². The standard InChI is InChI=1S/C14H20N6/c1-10-8-12(6-7-16-10)14-17-19-20(18-14)9-11-2-4-13(15)5-3-11/h6-8,11,13H,2-5,9,15H2,1H3/t11-,13-. The monoisotopic (exact) mass is 272 g/mol. The lowest BCUT2D eigenvalue weighted by Crippen LogP contribution is -2.28. The van der Waals surface area contributed by atoms with Crippen molar-refractivity contribution in [2.45, 2.75) is 45.2 Å². The zero-order valence-electron chi connectivity index (χ0n) is 11.7. The Bertz CT molecular complexity index is 571. The highest BCUT2D eigenvalue weighted by atomic mass is 15.6. The smallest absolute Gasteiger partial charge is 0.205 e. The molecule has 1 aliphatic carbocycles. The number of nitrogens with zero attached hydrogens (tertiary/aromatic N) is 5. The van der Waals surface area contributed by atoms with E-state index < -0.39 is 0 Å². The fourth-order valence-corrected chi connectivity index (χ4v) is 2.72. The van der Waals surface area contributed by atoms with E-state index in [1.807, 2.05) is 19.1 Å². The molecule has 0 aromatic carbocycles. The van der Waals surface area contributed by atoms with Gasteiger partial charge in [-0.15, -0.1) is 10.2 Å². The highest BCUT2D eigenvalue weighted by molar-refractivity contribution is 5.53. The van der Waals surface area contributed by atoms with Crippen molar-refractivity contribution >= 4 is 0 Å². The van der Waals surface area contributed by atoms with Crippen LogP contribution in [0.4, 0.5) is 0 Å². The van der Waals surface area contributed by atoms with Gasteiger partial charge < -0.3 is 5.73 Å². The van der Waals surface area contributed by atoms with Crippen LogP contribution in [0.25, 0.3) is 11.4 Å². The highest BCUT2D eigenvalue weighted by Gasteiger charge is 2.20. The van der Waals surface area contributed by atoms with Crippen molar-refractivity contribution < 1.29 is 0 Å². The van der Waals surface area contributed by atoms with Crippen LogP contribution in [0.15, 0.2) is 18.3 Å². The number of tetrazole rings is 1. The third-order valence-corrected chi connectivity index (χ3v) is 3.92. The highest BCUT2D eigenvalue weighted by Crippen LogP contribution is 2.24. The fourth-order valence-electron chi connectivity index (χ4n) is 2.72. The van der Waals surface area contributed by atoms with Gasteiger partial charge in [0.2, 0.25) is 5.82 Å². The van der Waals surface area contributed by atoms with Gasteiger partial charge in [-0.2, -0.15) is 4.80 Å². The van der Waals surface area contributed by atoms with Gasteiger partial charge in [0.15, 0.2) is 0 Å². The van der Waals surface area contributed by atoms with E-state index in [1.165, 1.54) is 0 Å². The van der Waals surface area contributed by atoms with E-state index in [1.54, 1.807) is 11.0 Å². The van der Waals surface area contributed by atoms with Gasteiger partial charge in [0.05, 0.1) is 6.54 Å². The van der Waals surface area contributed by atoms with E-state index in [0.29, 0.717) is 17.8 Å². The molecule has 0 saturated heterocycles. The Balaban J connectivity index is 1.68. The number of nitrogens with two attached hydrogens (primary N) is 1. The maximum atomic E-state index is 5.93. The molecule has 1 fully saturated rings. The SMILES string of the molecule is Cc1cc(-c2nnn(C[C@H]3CC[C@H](N)CC3)n2)ccn1. The third-order valence-electron chi connectivity index (χ3n) is 3.92. The minimum Gasteiger partial charge on any atom is -0.328 e. The Labute approximate surface area is 118 Å². The van der Waals surface area contributed by atoms with E-state index in [9.17, 15) is 0 Å². The second-order valence-corrected chi connectivity index (χ2v) is 5.63. The summed E-state index contributed by atoms with van der Waals surface area (Å²) in [5, 5.41) is 12.8. The van der Waals surface area contributed by atoms with E-state index in [2.05, 4.69) is 20.4 Å². The molecule has 2 aromatic heterocycles. The summed E-state index contributed by atoms with van der Waals surface area (Å²) in [5.74, 6) is 1.29. The van der Waals surface area contributed by atoms with Crippen molar-refractivity contribution in [2.24, 2.45) is 11.7 Å². The minimum absolute atomic E-state index is 0.380. The summed E-state index contributed by atoms with van der Waals surface area (Å²) in [6, 6.07) is 4.26. The molecule has 0 radical (unpaired) electrons. The lowest BCUT2D eigenvalue weighted by molar-refractivity contribution is 0.272. The topological polar surface area (TPSA) is 82.5 Å². The van der Waals surface area contributed by atoms with Crippen LogP contribution in [0.2, 0.25) is 0 Å². The van der Waals surface area contributed by atoms with Gasteiger partial charge in [-0.05, 0) is 55.9 Å². The van der Waals surface area contributed by atoms with Crippen LogP contribution in [0.3, 0.4) is 0 Å². The molecule has 0 atom stereocenters. The lowest BCUT2D eigenvalue weighted by atomic mass is 9.86. The molecule has 0 aliphatic heterocycles. The summed E-state index contributed by atoms with van der Waals surface area (Å²) < 4.78 is 0. The Kier molecular flexibility index (Phi) is 3.73. The van der Waals surface area contributed by atoms with Crippen molar-refractivity contribution in [3.8, 4) is 11.4 Å². The number of hydrogen-bond donors (Lipinski definition) is 1. The minimum atomic E-state index is 0.380. The maximum Gasteiger partial charge on any atom is 0.205 e. The molecule has 1 aliphatic rings. The quantitative estimate of drug-likeness (QED) is 0.916. The van der Waals surface area contributed by atoms with Crippen LogP contribution in [-0.2, 0) is 6.54 Å². The van der Waals surface area contributed by atoms with E-state index in [-0.39, 0.29) is 0 Å². The maximum absolute atomic E-state index is 5.93. The van der Waals surface area contributed by atoms with Crippen LogP contribution in [0.5, 0.6) is 0 Å². The van der Waals surface area contributed by atoms with Gasteiger partial charge in [0.1, 0.15) is 0 Å². The lowest BCUT2D eigenvalue weighted by Gasteiger charge is -2.25. The second kappa shape index (κ2) is 5.66. The molecule has 1 saturated carbocycles. The molecule has 0 bridgehead atoms. The largest absolute Gasteiger partial charge is 0.328 e. The van der Waals surface area contributed by atoms with Crippen LogP contribution in [0, 0.1) is 12.8 Å². The fraction of sp³-hybridized carbons (Fsp3) is 0.571. The molecule has 0 spiro atoms. The van der Waals surface area contributed by atoms with Gasteiger partial charge in [0.25, 0.3) is 0 Å². The van der Waals surface area contributed by atoms with Crippen molar-refractivity contribution in [2.75, 3.05) is 0 Å². The Morgan fingerprint density at radius 2 is 2.10 bits per heavy atom. The number of aryl methyl sites for hydroxylation is 1. The number of hydrogen-bond acceptors (Lipinski definition) is 5. The average Bonchev–Trinajstić information content (AvgIpc) is 2.90. The summed E-state index contributed by atoms with van der Waals surface area (Å²) in [6.07, 6.45) is 6.30. The number of aromatic nitrogens is 5. The molecule has 0 amide bonds. The molecule has 2 heterocycles. The van der Waals surface area contributed by atoms with Gasteiger partial charge in [-0.1, -0.05) is 0 Å². The molecule has 106 valence electrons. The number of pyridine rings is 1. The molecular weight excluding hydrogens is 252 g/mol. The molecule has 3 rings (SSSR count). The molecule has 2 aromatic rings. The Morgan fingerprint density at radius 3 is 2.85 bits per heavy atom. The van der Waals surface area contributed by atoms with Crippen molar-refractivity contribution in [1.29, 1.82) is 0 Å². The van der Waals surface area contributed by atoms with E-state index in [0.717, 1.165) is 43.5 Å². The third kappa shape index (κ3) is 3.01. The molecular formula is C14H20N6. The summed E-state index contributed by atoms with van der Waals surface area (Å²) in [7, 11) is 0. The first kappa shape index (κ1) is 13.2. The second-order valence-electron chi connectivity index (χ2n) is 5.63. The summed E-state index contributed by atoms with van der Waals surface area (Å²) in [4.78, 5) is 5.89. The first-order chi connectivity index (χ1) is 9.70. The van der Waals surface area contributed by atoms with Crippen molar-refractivity contribution in [3.05, 3.63) is 24.0 Å². The van der Waals surface area contributed by atoms with Crippen LogP contribution >= 0.6 is 0 Å². The van der Waals surface area contributed by atoms with Crippen molar-refractivity contribution in [3.63, 3.8) is 0 Å². The van der Waals surface area contributed by atoms with Gasteiger partial charge >= 0.3 is 0 Å². The molecule has 6 nitrogen and oxygen atoms in total. The summed E-state index contributed by atoms with van der Waals surface area (Å²) in [6.45, 7) is 2.79. The van der Waals surface area contributed by atoms with Crippen LogP contribution in [0.1, 0.15) is 31.4 Å². The number of rotatable bonds is 3. The van der Waals surface area contributed by atoms with E-state index in [4.69, 9.17) is 5.73 Å². The molecule has 2 N–H and O–H groups in total. The Hall–Kier alpha value is -1.82. The molecule has 0 unspecified atom stereocenters.